The number of rotatable bonds is 4. The van der Waals surface area contributed by atoms with Gasteiger partial charge in [0, 0.05) is 11.9 Å². The summed E-state index contributed by atoms with van der Waals surface area (Å²) in [5.41, 5.74) is 2.85. The molecule has 0 radical (unpaired) electrons. The Bertz CT molecular complexity index is 1120. The van der Waals surface area contributed by atoms with Crippen molar-refractivity contribution in [3.8, 4) is 5.82 Å². The molecule has 0 saturated carbocycles. The van der Waals surface area contributed by atoms with Gasteiger partial charge in [-0.3, -0.25) is 4.79 Å². The van der Waals surface area contributed by atoms with Crippen molar-refractivity contribution < 1.29 is 0 Å². The second-order valence-electron chi connectivity index (χ2n) is 6.02. The Labute approximate surface area is 155 Å². The lowest BCUT2D eigenvalue weighted by molar-refractivity contribution is 0.794. The van der Waals surface area contributed by atoms with Crippen LogP contribution < -0.4 is 5.56 Å². The Balaban J connectivity index is 1.86. The van der Waals surface area contributed by atoms with E-state index in [1.165, 1.54) is 5.56 Å². The maximum absolute atomic E-state index is 13.1. The van der Waals surface area contributed by atoms with Crippen molar-refractivity contribution in [3.63, 3.8) is 0 Å². The van der Waals surface area contributed by atoms with Crippen LogP contribution in [-0.2, 0) is 5.75 Å². The minimum atomic E-state index is -0.0933. The van der Waals surface area contributed by atoms with Crippen molar-refractivity contribution in [1.82, 2.24) is 14.5 Å². The zero-order valence-corrected chi connectivity index (χ0v) is 15.1. The van der Waals surface area contributed by atoms with Gasteiger partial charge in [0.05, 0.1) is 10.9 Å². The van der Waals surface area contributed by atoms with E-state index in [0.717, 1.165) is 11.3 Å². The fraction of sp³-hybridized carbons (Fsp3) is 0.0952. The summed E-state index contributed by atoms with van der Waals surface area (Å²) in [6.07, 6.45) is 1.72. The van der Waals surface area contributed by atoms with Crippen molar-refractivity contribution in [2.75, 3.05) is 0 Å². The highest BCUT2D eigenvalue weighted by atomic mass is 32.2. The maximum atomic E-state index is 13.1. The Morgan fingerprint density at radius 3 is 2.58 bits per heavy atom. The molecule has 2 heterocycles. The van der Waals surface area contributed by atoms with E-state index in [2.05, 4.69) is 17.1 Å². The molecule has 4 nitrogen and oxygen atoms in total. The number of pyridine rings is 1. The number of aromatic nitrogens is 3. The van der Waals surface area contributed by atoms with Gasteiger partial charge in [-0.05, 0) is 42.3 Å². The standard InChI is InChI=1S/C21H17N3OS/c1-15-11-12-22-19(13-15)24-20(25)17-9-5-6-10-18(17)23-21(24)26-14-16-7-3-2-4-8-16/h2-13H,14H2,1H3. The Hall–Kier alpha value is -2.92. The average Bonchev–Trinajstić information content (AvgIpc) is 2.67. The number of hydrogen-bond donors (Lipinski definition) is 0. The maximum Gasteiger partial charge on any atom is 0.267 e. The number of nitrogens with zero attached hydrogens (tertiary/aromatic N) is 3. The molecule has 128 valence electrons. The summed E-state index contributed by atoms with van der Waals surface area (Å²) >= 11 is 1.54. The van der Waals surface area contributed by atoms with E-state index >= 15 is 0 Å². The molecule has 0 saturated heterocycles. The van der Waals surface area contributed by atoms with Crippen molar-refractivity contribution >= 4 is 22.7 Å². The third kappa shape index (κ3) is 3.26. The highest BCUT2D eigenvalue weighted by molar-refractivity contribution is 7.98. The molecule has 0 amide bonds. The lowest BCUT2D eigenvalue weighted by Gasteiger charge is -2.13. The molecule has 0 fully saturated rings. The van der Waals surface area contributed by atoms with E-state index in [-0.39, 0.29) is 5.56 Å². The predicted molar refractivity (Wildman–Crippen MR) is 106 cm³/mol. The van der Waals surface area contributed by atoms with E-state index in [0.29, 0.717) is 21.9 Å². The number of para-hydroxylation sites is 1. The number of aryl methyl sites for hydroxylation is 1. The van der Waals surface area contributed by atoms with Gasteiger partial charge in [0.1, 0.15) is 5.82 Å². The van der Waals surface area contributed by atoms with E-state index in [9.17, 15) is 4.79 Å². The second-order valence-corrected chi connectivity index (χ2v) is 6.96. The summed E-state index contributed by atoms with van der Waals surface area (Å²) in [6, 6.07) is 21.4. The first-order valence-corrected chi connectivity index (χ1v) is 9.32. The summed E-state index contributed by atoms with van der Waals surface area (Å²) in [4.78, 5) is 22.3. The number of fused-ring (bicyclic) bond motifs is 1. The van der Waals surface area contributed by atoms with Gasteiger partial charge in [-0.15, -0.1) is 0 Å². The van der Waals surface area contributed by atoms with E-state index in [4.69, 9.17) is 4.98 Å². The lowest BCUT2D eigenvalue weighted by Crippen LogP contribution is -2.22. The molecule has 4 aromatic rings. The van der Waals surface area contributed by atoms with Crippen LogP contribution in [0.5, 0.6) is 0 Å². The lowest BCUT2D eigenvalue weighted by atomic mass is 10.2. The summed E-state index contributed by atoms with van der Waals surface area (Å²) < 4.78 is 1.61. The van der Waals surface area contributed by atoms with Crippen LogP contribution in [0.1, 0.15) is 11.1 Å². The Morgan fingerprint density at radius 2 is 1.77 bits per heavy atom. The Morgan fingerprint density at radius 1 is 1.00 bits per heavy atom. The number of hydrogen-bond acceptors (Lipinski definition) is 4. The Kier molecular flexibility index (Phi) is 4.54. The van der Waals surface area contributed by atoms with Crippen LogP contribution >= 0.6 is 11.8 Å². The van der Waals surface area contributed by atoms with Gasteiger partial charge >= 0.3 is 0 Å². The van der Waals surface area contributed by atoms with E-state index in [1.54, 1.807) is 22.5 Å². The fourth-order valence-electron chi connectivity index (χ4n) is 2.78. The molecule has 4 rings (SSSR count). The van der Waals surface area contributed by atoms with Crippen molar-refractivity contribution in [3.05, 3.63) is 94.4 Å². The smallest absolute Gasteiger partial charge is 0.267 e. The van der Waals surface area contributed by atoms with Crippen molar-refractivity contribution in [2.24, 2.45) is 0 Å². The summed E-state index contributed by atoms with van der Waals surface area (Å²) in [5.74, 6) is 1.33. The van der Waals surface area contributed by atoms with Crippen LogP contribution in [0.25, 0.3) is 16.7 Å². The molecule has 0 aliphatic rings. The number of thioether (sulfide) groups is 1. The molecule has 26 heavy (non-hydrogen) atoms. The minimum absolute atomic E-state index is 0.0933. The van der Waals surface area contributed by atoms with Gasteiger partial charge in [-0.25, -0.2) is 14.5 Å². The first-order valence-electron chi connectivity index (χ1n) is 8.34. The van der Waals surface area contributed by atoms with Crippen LogP contribution in [-0.4, -0.2) is 14.5 Å². The molecule has 0 bridgehead atoms. The predicted octanol–water partition coefficient (Wildman–Crippen LogP) is 4.38. The van der Waals surface area contributed by atoms with Gasteiger partial charge in [0.2, 0.25) is 0 Å². The fourth-order valence-corrected chi connectivity index (χ4v) is 3.73. The molecular weight excluding hydrogens is 342 g/mol. The summed E-state index contributed by atoms with van der Waals surface area (Å²) in [7, 11) is 0. The van der Waals surface area contributed by atoms with Gasteiger partial charge in [0.15, 0.2) is 5.16 Å². The molecular formula is C21H17N3OS. The molecule has 2 aromatic carbocycles. The van der Waals surface area contributed by atoms with E-state index < -0.39 is 0 Å². The SMILES string of the molecule is Cc1ccnc(-n2c(SCc3ccccc3)nc3ccccc3c2=O)c1. The first-order chi connectivity index (χ1) is 12.7. The second kappa shape index (κ2) is 7.14. The normalized spacial score (nSPS) is 11.0. The molecule has 0 unspecified atom stereocenters. The largest absolute Gasteiger partial charge is 0.268 e. The molecule has 2 aromatic heterocycles. The van der Waals surface area contributed by atoms with Gasteiger partial charge in [-0.1, -0.05) is 54.2 Å². The molecule has 0 spiro atoms. The van der Waals surface area contributed by atoms with Crippen LogP contribution in [0.2, 0.25) is 0 Å². The van der Waals surface area contributed by atoms with Crippen molar-refractivity contribution in [2.45, 2.75) is 17.8 Å². The van der Waals surface area contributed by atoms with Crippen LogP contribution in [0, 0.1) is 6.92 Å². The zero-order valence-electron chi connectivity index (χ0n) is 14.3. The highest BCUT2D eigenvalue weighted by Crippen LogP contribution is 2.24. The van der Waals surface area contributed by atoms with Gasteiger partial charge < -0.3 is 0 Å². The third-order valence-electron chi connectivity index (χ3n) is 4.09. The van der Waals surface area contributed by atoms with Gasteiger partial charge in [0.25, 0.3) is 5.56 Å². The average molecular weight is 359 g/mol. The van der Waals surface area contributed by atoms with Gasteiger partial charge in [-0.2, -0.15) is 0 Å². The molecule has 0 atom stereocenters. The molecule has 0 N–H and O–H groups in total. The van der Waals surface area contributed by atoms with Crippen LogP contribution in [0.15, 0.2) is 82.9 Å². The molecule has 0 aliphatic carbocycles. The summed E-state index contributed by atoms with van der Waals surface area (Å²) in [6.45, 7) is 1.99. The quantitative estimate of drug-likeness (QED) is 0.401. The molecule has 5 heteroatoms. The highest BCUT2D eigenvalue weighted by Gasteiger charge is 2.14. The van der Waals surface area contributed by atoms with Crippen LogP contribution in [0.3, 0.4) is 0 Å². The van der Waals surface area contributed by atoms with E-state index in [1.807, 2.05) is 61.5 Å². The van der Waals surface area contributed by atoms with Crippen LogP contribution in [0.4, 0.5) is 0 Å². The summed E-state index contributed by atoms with van der Waals surface area (Å²) in [5, 5.41) is 1.25. The molecule has 0 aliphatic heterocycles. The van der Waals surface area contributed by atoms with Crippen molar-refractivity contribution in [1.29, 1.82) is 0 Å². The monoisotopic (exact) mass is 359 g/mol. The topological polar surface area (TPSA) is 47.8 Å². The first kappa shape index (κ1) is 16.5. The minimum Gasteiger partial charge on any atom is -0.268 e. The zero-order chi connectivity index (χ0) is 17.9. The number of benzene rings is 2. The third-order valence-corrected chi connectivity index (χ3v) is 5.10.